The minimum absolute atomic E-state index is 0.0361. The van der Waals surface area contributed by atoms with Crippen molar-refractivity contribution in [3.05, 3.63) is 142 Å². The van der Waals surface area contributed by atoms with E-state index in [0.717, 1.165) is 61.7 Å². The lowest BCUT2D eigenvalue weighted by atomic mass is 9.96. The maximum absolute atomic E-state index is 12.5. The molecule has 0 radical (unpaired) electrons. The second-order valence-electron chi connectivity index (χ2n) is 11.2. The van der Waals surface area contributed by atoms with E-state index < -0.39 is 15.9 Å². The zero-order chi connectivity index (χ0) is 34.1. The molecule has 7 nitrogen and oxygen atoms in total. The zero-order valence-electron chi connectivity index (χ0n) is 26.4. The van der Waals surface area contributed by atoms with Crippen molar-refractivity contribution in [2.24, 2.45) is 0 Å². The molecule has 0 unspecified atom stereocenters. The van der Waals surface area contributed by atoms with Crippen molar-refractivity contribution >= 4 is 61.9 Å². The number of aromatic nitrogens is 1. The van der Waals surface area contributed by atoms with E-state index in [1.165, 1.54) is 6.07 Å². The highest BCUT2D eigenvalue weighted by atomic mass is 35.5. The van der Waals surface area contributed by atoms with Gasteiger partial charge in [-0.1, -0.05) is 84.4 Å². The third kappa shape index (κ3) is 9.35. The number of sulfonamides is 1. The molecule has 0 spiro atoms. The van der Waals surface area contributed by atoms with Crippen molar-refractivity contribution in [2.45, 2.75) is 23.5 Å². The maximum Gasteiger partial charge on any atom is 0.273 e. The number of nitrogens with one attached hydrogen (secondary N) is 1. The molecule has 4 aromatic carbocycles. The van der Waals surface area contributed by atoms with Gasteiger partial charge in [0.2, 0.25) is 5.91 Å². The smallest absolute Gasteiger partial charge is 0.273 e. The molecule has 0 aliphatic heterocycles. The van der Waals surface area contributed by atoms with E-state index in [1.807, 2.05) is 115 Å². The summed E-state index contributed by atoms with van der Waals surface area (Å²) in [6, 6.07) is 36.3. The molecule has 0 bridgehead atoms. The molecular weight excluding hydrogens is 676 g/mol. The minimum Gasteiger partial charge on any atom is -0.493 e. The van der Waals surface area contributed by atoms with Gasteiger partial charge < -0.3 is 9.47 Å². The average molecular weight is 709 g/mol. The summed E-state index contributed by atoms with van der Waals surface area (Å²) >= 11 is 7.20. The van der Waals surface area contributed by atoms with Crippen molar-refractivity contribution in [3.63, 3.8) is 0 Å². The van der Waals surface area contributed by atoms with E-state index in [-0.39, 0.29) is 10.6 Å². The summed E-state index contributed by atoms with van der Waals surface area (Å²) in [7, 11) is -3.85. The Labute approximate surface area is 294 Å². The molecule has 0 saturated carbocycles. The van der Waals surface area contributed by atoms with Gasteiger partial charge in [0.15, 0.2) is 0 Å². The number of fused-ring (bicyclic) bond motifs is 1. The van der Waals surface area contributed by atoms with Crippen LogP contribution in [0.4, 0.5) is 0 Å². The Balaban J connectivity index is 0.986. The number of pyridine rings is 1. The molecule has 10 heteroatoms. The molecule has 6 rings (SSSR count). The lowest BCUT2D eigenvalue weighted by Crippen LogP contribution is -2.30. The summed E-state index contributed by atoms with van der Waals surface area (Å²) in [5.41, 5.74) is 5.54. The Kier molecular flexibility index (Phi) is 11.0. The van der Waals surface area contributed by atoms with Gasteiger partial charge in [-0.05, 0) is 88.7 Å². The number of hydrogen-bond donors (Lipinski definition) is 1. The summed E-state index contributed by atoms with van der Waals surface area (Å²) in [6.45, 7) is 0.966. The Morgan fingerprint density at radius 1 is 0.816 bits per heavy atom. The van der Waals surface area contributed by atoms with Crippen molar-refractivity contribution in [3.8, 4) is 22.6 Å². The molecule has 2 heterocycles. The largest absolute Gasteiger partial charge is 0.493 e. The van der Waals surface area contributed by atoms with E-state index in [9.17, 15) is 13.2 Å². The van der Waals surface area contributed by atoms with Crippen LogP contribution in [0.5, 0.6) is 11.5 Å². The Bertz CT molecular complexity index is 2200. The molecule has 0 fully saturated rings. The van der Waals surface area contributed by atoms with Gasteiger partial charge in [-0.2, -0.15) is 0 Å². The van der Waals surface area contributed by atoms with E-state index in [1.54, 1.807) is 11.4 Å². The first kappa shape index (κ1) is 33.9. The number of benzene rings is 4. The van der Waals surface area contributed by atoms with Crippen LogP contribution in [0.1, 0.15) is 29.7 Å². The number of amides is 1. The lowest BCUT2D eigenvalue weighted by Gasteiger charge is -2.12. The van der Waals surface area contributed by atoms with Gasteiger partial charge in [-0.3, -0.25) is 4.79 Å². The van der Waals surface area contributed by atoms with Gasteiger partial charge in [0.25, 0.3) is 10.0 Å². The quantitative estimate of drug-likeness (QED) is 0.114. The standard InChI is InChI=1S/C39H33ClN2O5S2/c40-32-18-15-30-16-20-33(41-37(30)27-32)19-14-28-7-3-10-34(25-28)46-22-6-23-47-35-11-4-9-31(26-35)36-12-2-1-8-29(36)17-21-38(43)42-49(44,45)39-13-5-24-48-39/h1-5,7-16,18-20,24-27H,6,17,21-23H2,(H,42,43)/b19-14+. The van der Waals surface area contributed by atoms with Crippen LogP contribution in [-0.2, 0) is 21.2 Å². The number of ether oxygens (including phenoxy) is 2. The number of hydrogen-bond acceptors (Lipinski definition) is 7. The third-order valence-corrected chi connectivity index (χ3v) is 10.6. The highest BCUT2D eigenvalue weighted by molar-refractivity contribution is 7.92. The number of carbonyl (C=O) groups excluding carboxylic acids is 1. The topological polar surface area (TPSA) is 94.6 Å². The summed E-state index contributed by atoms with van der Waals surface area (Å²) in [5.74, 6) is 0.954. The molecule has 0 aliphatic rings. The van der Waals surface area contributed by atoms with E-state index in [0.29, 0.717) is 31.1 Å². The van der Waals surface area contributed by atoms with Gasteiger partial charge in [-0.15, -0.1) is 11.3 Å². The Morgan fingerprint density at radius 2 is 1.59 bits per heavy atom. The average Bonchev–Trinajstić information content (AvgIpc) is 3.67. The predicted octanol–water partition coefficient (Wildman–Crippen LogP) is 9.07. The normalized spacial score (nSPS) is 11.5. The van der Waals surface area contributed by atoms with Crippen LogP contribution in [0.15, 0.2) is 125 Å². The van der Waals surface area contributed by atoms with Gasteiger partial charge in [0.05, 0.1) is 24.4 Å². The highest BCUT2D eigenvalue weighted by Crippen LogP contribution is 2.28. The minimum atomic E-state index is -3.85. The number of carbonyl (C=O) groups is 1. The molecular formula is C39H33ClN2O5S2. The van der Waals surface area contributed by atoms with Gasteiger partial charge >= 0.3 is 0 Å². The van der Waals surface area contributed by atoms with E-state index in [4.69, 9.17) is 21.1 Å². The molecule has 1 amide bonds. The van der Waals surface area contributed by atoms with Crippen LogP contribution >= 0.6 is 22.9 Å². The fourth-order valence-electron chi connectivity index (χ4n) is 5.22. The first-order valence-electron chi connectivity index (χ1n) is 15.7. The number of thiophene rings is 1. The monoisotopic (exact) mass is 708 g/mol. The first-order valence-corrected chi connectivity index (χ1v) is 18.4. The summed E-state index contributed by atoms with van der Waals surface area (Å²) < 4.78 is 39.2. The molecule has 0 atom stereocenters. The molecule has 49 heavy (non-hydrogen) atoms. The summed E-state index contributed by atoms with van der Waals surface area (Å²) in [4.78, 5) is 17.2. The summed E-state index contributed by atoms with van der Waals surface area (Å²) in [5, 5.41) is 3.36. The molecule has 1 N–H and O–H groups in total. The number of aryl methyl sites for hydroxylation is 1. The number of rotatable bonds is 14. The molecule has 0 saturated heterocycles. The van der Waals surface area contributed by atoms with Gasteiger partial charge in [-0.25, -0.2) is 18.1 Å². The van der Waals surface area contributed by atoms with Crippen molar-refractivity contribution in [1.82, 2.24) is 9.71 Å². The maximum atomic E-state index is 12.5. The van der Waals surface area contributed by atoms with Crippen LogP contribution in [0.25, 0.3) is 34.2 Å². The van der Waals surface area contributed by atoms with Crippen LogP contribution in [0.2, 0.25) is 5.02 Å². The number of halogens is 1. The fourth-order valence-corrected chi connectivity index (χ4v) is 7.39. The fraction of sp³-hybridized carbons (Fsp3) is 0.128. The Hall–Kier alpha value is -4.96. The SMILES string of the molecule is O=C(CCc1ccccc1-c1cccc(OCCCOc2cccc(/C=C/c3ccc4ccc(Cl)cc4n3)c2)c1)NS(=O)(=O)c1cccs1. The van der Waals surface area contributed by atoms with E-state index >= 15 is 0 Å². The van der Waals surface area contributed by atoms with E-state index in [2.05, 4.69) is 9.71 Å². The van der Waals surface area contributed by atoms with Crippen LogP contribution < -0.4 is 14.2 Å². The van der Waals surface area contributed by atoms with Crippen molar-refractivity contribution in [2.75, 3.05) is 13.2 Å². The predicted molar refractivity (Wildman–Crippen MR) is 198 cm³/mol. The molecule has 248 valence electrons. The van der Waals surface area contributed by atoms with Crippen LogP contribution in [-0.4, -0.2) is 32.5 Å². The zero-order valence-corrected chi connectivity index (χ0v) is 28.8. The van der Waals surface area contributed by atoms with Crippen LogP contribution in [0.3, 0.4) is 0 Å². The molecule has 0 aliphatic carbocycles. The first-order chi connectivity index (χ1) is 23.8. The van der Waals surface area contributed by atoms with Crippen molar-refractivity contribution in [1.29, 1.82) is 0 Å². The van der Waals surface area contributed by atoms with Crippen LogP contribution in [0, 0.1) is 0 Å². The van der Waals surface area contributed by atoms with Crippen molar-refractivity contribution < 1.29 is 22.7 Å². The number of nitrogens with zero attached hydrogens (tertiary/aromatic N) is 1. The summed E-state index contributed by atoms with van der Waals surface area (Å²) in [6.07, 6.45) is 5.08. The van der Waals surface area contributed by atoms with Gasteiger partial charge in [0, 0.05) is 23.3 Å². The highest BCUT2D eigenvalue weighted by Gasteiger charge is 2.19. The second kappa shape index (κ2) is 16.0. The Morgan fingerprint density at radius 3 is 2.41 bits per heavy atom. The second-order valence-corrected chi connectivity index (χ2v) is 14.5. The molecule has 6 aromatic rings. The van der Waals surface area contributed by atoms with Gasteiger partial charge in [0.1, 0.15) is 15.7 Å². The third-order valence-electron chi connectivity index (χ3n) is 7.60. The molecule has 2 aromatic heterocycles. The lowest BCUT2D eigenvalue weighted by molar-refractivity contribution is -0.119.